The molecule has 1 heterocycles. The summed E-state index contributed by atoms with van der Waals surface area (Å²) < 4.78 is 0.539. The average Bonchev–Trinajstić information content (AvgIpc) is 2.29. The van der Waals surface area contributed by atoms with Crippen molar-refractivity contribution in [2.75, 3.05) is 6.54 Å². The summed E-state index contributed by atoms with van der Waals surface area (Å²) >= 11 is 3.18. The summed E-state index contributed by atoms with van der Waals surface area (Å²) in [6.45, 7) is 5.02. The van der Waals surface area contributed by atoms with Gasteiger partial charge in [0.1, 0.15) is 15.8 Å². The summed E-state index contributed by atoms with van der Waals surface area (Å²) in [5.74, 6) is -1.45. The molecule has 1 rings (SSSR count). The van der Waals surface area contributed by atoms with E-state index in [0.29, 0.717) is 11.1 Å². The monoisotopic (exact) mass is 314 g/mol. The molecule has 0 bridgehead atoms. The second-order valence-electron chi connectivity index (χ2n) is 4.26. The van der Waals surface area contributed by atoms with E-state index in [1.54, 1.807) is 25.1 Å². The van der Waals surface area contributed by atoms with Gasteiger partial charge in [-0.05, 0) is 48.8 Å². The van der Waals surface area contributed by atoms with Crippen molar-refractivity contribution in [2.24, 2.45) is 0 Å². The van der Waals surface area contributed by atoms with Gasteiger partial charge in [0.05, 0.1) is 0 Å². The Morgan fingerprint density at radius 2 is 2.06 bits per heavy atom. The Morgan fingerprint density at radius 3 is 2.50 bits per heavy atom. The first kappa shape index (κ1) is 14.6. The lowest BCUT2D eigenvalue weighted by Gasteiger charge is -2.33. The maximum Gasteiger partial charge on any atom is 0.329 e. The standard InChI is InChI=1S/C12H15BrN2O3/c1-4-15(12(2,3)11(17)18)10(16)8-6-5-7-9(13)14-8/h5-7H,4H2,1-3H3,(H,17,18). The smallest absolute Gasteiger partial charge is 0.329 e. The van der Waals surface area contributed by atoms with Crippen LogP contribution in [0.4, 0.5) is 0 Å². The molecule has 0 spiro atoms. The number of aromatic nitrogens is 1. The van der Waals surface area contributed by atoms with Gasteiger partial charge in [-0.3, -0.25) is 4.79 Å². The maximum absolute atomic E-state index is 12.3. The molecule has 0 aliphatic rings. The van der Waals surface area contributed by atoms with Crippen LogP contribution in [-0.2, 0) is 4.79 Å². The van der Waals surface area contributed by atoms with E-state index in [1.807, 2.05) is 0 Å². The number of hydrogen-bond acceptors (Lipinski definition) is 3. The first-order valence-corrected chi connectivity index (χ1v) is 6.28. The van der Waals surface area contributed by atoms with Gasteiger partial charge >= 0.3 is 5.97 Å². The number of aliphatic carboxylic acids is 1. The second kappa shape index (κ2) is 5.48. The fourth-order valence-corrected chi connectivity index (χ4v) is 1.92. The maximum atomic E-state index is 12.3. The van der Waals surface area contributed by atoms with Crippen molar-refractivity contribution in [1.82, 2.24) is 9.88 Å². The van der Waals surface area contributed by atoms with Crippen LogP contribution in [0.15, 0.2) is 22.8 Å². The van der Waals surface area contributed by atoms with Crippen molar-refractivity contribution < 1.29 is 14.7 Å². The molecule has 0 radical (unpaired) electrons. The van der Waals surface area contributed by atoms with Crippen molar-refractivity contribution in [3.63, 3.8) is 0 Å². The van der Waals surface area contributed by atoms with Crippen LogP contribution in [0.1, 0.15) is 31.3 Å². The number of carbonyl (C=O) groups excluding carboxylic acids is 1. The topological polar surface area (TPSA) is 70.5 Å². The highest BCUT2D eigenvalue weighted by molar-refractivity contribution is 9.10. The molecular formula is C12H15BrN2O3. The van der Waals surface area contributed by atoms with Crippen molar-refractivity contribution in [1.29, 1.82) is 0 Å². The molecule has 6 heteroatoms. The molecule has 1 N–H and O–H groups in total. The lowest BCUT2D eigenvalue weighted by atomic mass is 10.0. The molecule has 0 aliphatic heterocycles. The normalized spacial score (nSPS) is 11.1. The summed E-state index contributed by atoms with van der Waals surface area (Å²) in [6, 6.07) is 4.95. The van der Waals surface area contributed by atoms with Crippen LogP contribution in [0.25, 0.3) is 0 Å². The zero-order valence-electron chi connectivity index (χ0n) is 10.5. The molecule has 1 aromatic heterocycles. The van der Waals surface area contributed by atoms with Crippen LogP contribution in [0.5, 0.6) is 0 Å². The van der Waals surface area contributed by atoms with Crippen LogP contribution in [0.3, 0.4) is 0 Å². The lowest BCUT2D eigenvalue weighted by Crippen LogP contribution is -2.53. The van der Waals surface area contributed by atoms with Crippen LogP contribution < -0.4 is 0 Å². The van der Waals surface area contributed by atoms with Crippen LogP contribution in [0.2, 0.25) is 0 Å². The highest BCUT2D eigenvalue weighted by Gasteiger charge is 2.37. The van der Waals surface area contributed by atoms with Crippen molar-refractivity contribution in [2.45, 2.75) is 26.3 Å². The molecule has 5 nitrogen and oxygen atoms in total. The minimum atomic E-state index is -1.27. The number of pyridine rings is 1. The van der Waals surface area contributed by atoms with Gasteiger partial charge in [0.2, 0.25) is 0 Å². The zero-order valence-corrected chi connectivity index (χ0v) is 12.1. The van der Waals surface area contributed by atoms with E-state index in [4.69, 9.17) is 5.11 Å². The second-order valence-corrected chi connectivity index (χ2v) is 5.07. The Kier molecular flexibility index (Phi) is 4.45. The fraction of sp³-hybridized carbons (Fsp3) is 0.417. The van der Waals surface area contributed by atoms with Crippen LogP contribution in [0, 0.1) is 0 Å². The fourth-order valence-electron chi connectivity index (χ4n) is 1.57. The number of rotatable bonds is 4. The first-order valence-electron chi connectivity index (χ1n) is 5.48. The lowest BCUT2D eigenvalue weighted by molar-refractivity contribution is -0.147. The number of amides is 1. The van der Waals surface area contributed by atoms with Crippen LogP contribution in [-0.4, -0.2) is 39.0 Å². The van der Waals surface area contributed by atoms with Gasteiger partial charge in [-0.2, -0.15) is 0 Å². The number of halogens is 1. The van der Waals surface area contributed by atoms with Gasteiger partial charge in [-0.1, -0.05) is 6.07 Å². The SMILES string of the molecule is CCN(C(=O)c1cccc(Br)n1)C(C)(C)C(=O)O. The predicted molar refractivity (Wildman–Crippen MR) is 70.4 cm³/mol. The minimum Gasteiger partial charge on any atom is -0.480 e. The Balaban J connectivity index is 3.11. The number of nitrogens with zero attached hydrogens (tertiary/aromatic N) is 2. The third-order valence-corrected chi connectivity index (χ3v) is 3.14. The molecule has 0 fully saturated rings. The molecule has 0 saturated carbocycles. The van der Waals surface area contributed by atoms with E-state index in [-0.39, 0.29) is 5.69 Å². The molecule has 0 saturated heterocycles. The molecule has 1 aromatic rings. The largest absolute Gasteiger partial charge is 0.480 e. The van der Waals surface area contributed by atoms with E-state index in [1.165, 1.54) is 18.7 Å². The summed E-state index contributed by atoms with van der Waals surface area (Å²) in [6.07, 6.45) is 0. The third-order valence-electron chi connectivity index (χ3n) is 2.69. The summed E-state index contributed by atoms with van der Waals surface area (Å²) in [5, 5.41) is 9.17. The van der Waals surface area contributed by atoms with E-state index >= 15 is 0 Å². The number of likely N-dealkylation sites (N-methyl/N-ethyl adjacent to an activating group) is 1. The van der Waals surface area contributed by atoms with E-state index in [0.717, 1.165) is 0 Å². The van der Waals surface area contributed by atoms with E-state index < -0.39 is 17.4 Å². The predicted octanol–water partition coefficient (Wildman–Crippen LogP) is 2.17. The third kappa shape index (κ3) is 2.87. The molecule has 1 amide bonds. The van der Waals surface area contributed by atoms with Gasteiger partial charge in [-0.25, -0.2) is 9.78 Å². The molecule has 0 aliphatic carbocycles. The Bertz CT molecular complexity index is 474. The molecule has 98 valence electrons. The number of carboxylic acid groups (broad SMARTS) is 1. The van der Waals surface area contributed by atoms with E-state index in [2.05, 4.69) is 20.9 Å². The quantitative estimate of drug-likeness (QED) is 0.865. The van der Waals surface area contributed by atoms with E-state index in [9.17, 15) is 9.59 Å². The Labute approximate surface area is 114 Å². The van der Waals surface area contributed by atoms with Crippen molar-refractivity contribution in [3.05, 3.63) is 28.5 Å². The molecule has 18 heavy (non-hydrogen) atoms. The number of hydrogen-bond donors (Lipinski definition) is 1. The molecular weight excluding hydrogens is 300 g/mol. The minimum absolute atomic E-state index is 0.223. The Hall–Kier alpha value is -1.43. The molecule has 0 unspecified atom stereocenters. The highest BCUT2D eigenvalue weighted by Crippen LogP contribution is 2.18. The van der Waals surface area contributed by atoms with Crippen LogP contribution >= 0.6 is 15.9 Å². The first-order chi connectivity index (χ1) is 8.30. The molecule has 0 aromatic carbocycles. The van der Waals surface area contributed by atoms with Gasteiger partial charge in [0.25, 0.3) is 5.91 Å². The molecule has 0 atom stereocenters. The van der Waals surface area contributed by atoms with Crippen molar-refractivity contribution >= 4 is 27.8 Å². The number of carboxylic acids is 1. The summed E-state index contributed by atoms with van der Waals surface area (Å²) in [5.41, 5.74) is -1.05. The number of carbonyl (C=O) groups is 2. The Morgan fingerprint density at radius 1 is 1.44 bits per heavy atom. The average molecular weight is 315 g/mol. The van der Waals surface area contributed by atoms with Gasteiger partial charge in [0.15, 0.2) is 0 Å². The van der Waals surface area contributed by atoms with Crippen molar-refractivity contribution in [3.8, 4) is 0 Å². The summed E-state index contributed by atoms with van der Waals surface area (Å²) in [4.78, 5) is 28.8. The highest BCUT2D eigenvalue weighted by atomic mass is 79.9. The van der Waals surface area contributed by atoms with Gasteiger partial charge in [-0.15, -0.1) is 0 Å². The zero-order chi connectivity index (χ0) is 13.9. The van der Waals surface area contributed by atoms with Gasteiger partial charge < -0.3 is 10.0 Å². The van der Waals surface area contributed by atoms with Gasteiger partial charge in [0, 0.05) is 6.54 Å². The summed E-state index contributed by atoms with van der Waals surface area (Å²) in [7, 11) is 0.